The highest BCUT2D eigenvalue weighted by Crippen LogP contribution is 2.52. The van der Waals surface area contributed by atoms with Crippen LogP contribution >= 0.6 is 0 Å². The lowest BCUT2D eigenvalue weighted by Gasteiger charge is -2.29. The molecule has 0 bridgehead atoms. The zero-order chi connectivity index (χ0) is 38.5. The normalized spacial score (nSPS) is 13.1. The fourth-order valence-corrected chi connectivity index (χ4v) is 9.77. The number of nitrogens with zero attached hydrogens (tertiary/aromatic N) is 2. The third-order valence-corrected chi connectivity index (χ3v) is 12.6. The molecule has 0 fully saturated rings. The van der Waals surface area contributed by atoms with Crippen LogP contribution in [0.5, 0.6) is 0 Å². The van der Waals surface area contributed by atoms with Crippen molar-refractivity contribution in [3.8, 4) is 27.9 Å². The van der Waals surface area contributed by atoms with E-state index >= 15 is 0 Å². The number of aromatic nitrogens is 1. The first-order valence-corrected chi connectivity index (χ1v) is 20.1. The Kier molecular flexibility index (Phi) is 6.98. The molecule has 11 aromatic rings. The predicted molar refractivity (Wildman–Crippen MR) is 243 cm³/mol. The van der Waals surface area contributed by atoms with Crippen LogP contribution in [0, 0.1) is 0 Å². The van der Waals surface area contributed by atoms with E-state index in [2.05, 4.69) is 211 Å². The number of hydrogen-bond donors (Lipinski definition) is 0. The Morgan fingerprint density at radius 2 is 1.09 bits per heavy atom. The number of para-hydroxylation sites is 4. The maximum Gasteiger partial charge on any atom is 0.159 e. The molecule has 0 saturated heterocycles. The van der Waals surface area contributed by atoms with Crippen LogP contribution in [0.3, 0.4) is 0 Å². The minimum Gasteiger partial charge on any atom is -0.454 e. The number of hydrogen-bond acceptors (Lipinski definition) is 2. The summed E-state index contributed by atoms with van der Waals surface area (Å²) >= 11 is 0. The summed E-state index contributed by atoms with van der Waals surface area (Å²) in [6, 6.07) is 70.6. The summed E-state index contributed by atoms with van der Waals surface area (Å²) in [4.78, 5) is 2.41. The molecular formula is C55H38N2O. The number of fused-ring (bicyclic) bond motifs is 10. The van der Waals surface area contributed by atoms with Gasteiger partial charge < -0.3 is 13.9 Å². The van der Waals surface area contributed by atoms with Gasteiger partial charge in [0.1, 0.15) is 5.58 Å². The van der Waals surface area contributed by atoms with Crippen molar-refractivity contribution in [1.29, 1.82) is 0 Å². The topological polar surface area (TPSA) is 21.3 Å². The molecule has 274 valence electrons. The van der Waals surface area contributed by atoms with E-state index in [1.165, 1.54) is 60.6 Å². The third-order valence-electron chi connectivity index (χ3n) is 12.6. The Labute approximate surface area is 336 Å². The third kappa shape index (κ3) is 4.74. The van der Waals surface area contributed by atoms with Gasteiger partial charge in [0.2, 0.25) is 0 Å². The second-order valence-electron chi connectivity index (χ2n) is 16.1. The molecule has 12 rings (SSSR count). The summed E-state index contributed by atoms with van der Waals surface area (Å²) in [5.74, 6) is 0. The van der Waals surface area contributed by atoms with Crippen molar-refractivity contribution in [2.75, 3.05) is 4.90 Å². The molecule has 0 radical (unpaired) electrons. The van der Waals surface area contributed by atoms with Crippen LogP contribution in [-0.4, -0.2) is 4.57 Å². The largest absolute Gasteiger partial charge is 0.454 e. The summed E-state index contributed by atoms with van der Waals surface area (Å²) in [6.45, 7) is 4.76. The van der Waals surface area contributed by atoms with E-state index in [0.29, 0.717) is 0 Å². The second kappa shape index (κ2) is 12.3. The Morgan fingerprint density at radius 1 is 0.448 bits per heavy atom. The van der Waals surface area contributed by atoms with Gasteiger partial charge >= 0.3 is 0 Å². The molecule has 3 heteroatoms. The molecule has 2 heterocycles. The number of anilines is 3. The minimum absolute atomic E-state index is 0.205. The van der Waals surface area contributed by atoms with E-state index in [-0.39, 0.29) is 5.41 Å². The Morgan fingerprint density at radius 3 is 1.97 bits per heavy atom. The van der Waals surface area contributed by atoms with Crippen LogP contribution in [0.4, 0.5) is 17.1 Å². The van der Waals surface area contributed by atoms with Crippen LogP contribution in [0.25, 0.3) is 82.5 Å². The highest BCUT2D eigenvalue weighted by molar-refractivity contribution is 6.13. The molecule has 0 aliphatic heterocycles. The van der Waals surface area contributed by atoms with Crippen LogP contribution in [0.1, 0.15) is 25.0 Å². The quantitative estimate of drug-likeness (QED) is 0.175. The molecule has 0 atom stereocenters. The van der Waals surface area contributed by atoms with Gasteiger partial charge in [-0.2, -0.15) is 0 Å². The van der Waals surface area contributed by atoms with Gasteiger partial charge in [-0.15, -0.1) is 0 Å². The first-order chi connectivity index (χ1) is 28.5. The predicted octanol–water partition coefficient (Wildman–Crippen LogP) is 15.3. The van der Waals surface area contributed by atoms with Crippen molar-refractivity contribution in [2.45, 2.75) is 19.3 Å². The summed E-state index contributed by atoms with van der Waals surface area (Å²) in [5, 5.41) is 7.18. The van der Waals surface area contributed by atoms with Gasteiger partial charge in [0.15, 0.2) is 5.58 Å². The fourth-order valence-electron chi connectivity index (χ4n) is 9.77. The summed E-state index contributed by atoms with van der Waals surface area (Å²) < 4.78 is 8.92. The van der Waals surface area contributed by atoms with E-state index in [9.17, 15) is 0 Å². The molecule has 9 aromatic carbocycles. The maximum atomic E-state index is 6.55. The van der Waals surface area contributed by atoms with Gasteiger partial charge in [0.05, 0.1) is 22.4 Å². The molecule has 0 N–H and O–H groups in total. The van der Waals surface area contributed by atoms with Crippen molar-refractivity contribution >= 4 is 71.6 Å². The van der Waals surface area contributed by atoms with Gasteiger partial charge in [-0.3, -0.25) is 0 Å². The monoisotopic (exact) mass is 742 g/mol. The lowest BCUT2D eigenvalue weighted by Crippen LogP contribution is -2.16. The zero-order valence-electron chi connectivity index (χ0n) is 32.3. The summed E-state index contributed by atoms with van der Waals surface area (Å²) in [7, 11) is 0. The summed E-state index contributed by atoms with van der Waals surface area (Å²) in [6.07, 6.45) is 0. The average molecular weight is 743 g/mol. The Hall–Kier alpha value is -7.36. The van der Waals surface area contributed by atoms with Gasteiger partial charge in [-0.25, -0.2) is 0 Å². The van der Waals surface area contributed by atoms with Gasteiger partial charge in [-0.1, -0.05) is 141 Å². The van der Waals surface area contributed by atoms with Crippen molar-refractivity contribution in [2.24, 2.45) is 0 Å². The van der Waals surface area contributed by atoms with Crippen molar-refractivity contribution in [1.82, 2.24) is 4.57 Å². The summed E-state index contributed by atoms with van der Waals surface area (Å²) in [5.41, 5.74) is 16.2. The van der Waals surface area contributed by atoms with Crippen LogP contribution in [-0.2, 0) is 5.41 Å². The molecule has 1 aliphatic carbocycles. The SMILES string of the molecule is CC1(C)c2cc(-c3ccc4c(c3)c3ccccc3n4-c3cccc4c3oc3ccccc34)ccc2-c2ccc(N(c3ccccc3)c3cccc4ccccc34)cc21. The minimum atomic E-state index is -0.205. The standard InChI is InChI=1S/C55H38N2O/c1-55(2)47-33-37(26-29-41(47)42-30-28-39(34-48(42)55)56(38-16-4-3-5-17-38)49-23-12-15-35-14-6-7-18-40(35)49)36-27-31-51-46(32-36)43-19-8-10-22-50(43)57(51)52-24-13-21-45-44-20-9-11-25-53(44)58-54(45)52/h3-34H,1-2H3. The number of furan rings is 1. The highest BCUT2D eigenvalue weighted by atomic mass is 16.3. The number of benzene rings is 9. The van der Waals surface area contributed by atoms with E-state index in [4.69, 9.17) is 4.42 Å². The molecule has 0 spiro atoms. The molecule has 0 amide bonds. The van der Waals surface area contributed by atoms with Crippen molar-refractivity contribution < 1.29 is 4.42 Å². The van der Waals surface area contributed by atoms with Gasteiger partial charge in [0.25, 0.3) is 0 Å². The molecule has 1 aliphatic rings. The van der Waals surface area contributed by atoms with E-state index in [1.807, 2.05) is 6.07 Å². The second-order valence-corrected chi connectivity index (χ2v) is 16.1. The smallest absolute Gasteiger partial charge is 0.159 e. The maximum absolute atomic E-state index is 6.55. The van der Waals surface area contributed by atoms with E-state index < -0.39 is 0 Å². The molecule has 0 unspecified atom stereocenters. The van der Waals surface area contributed by atoms with Gasteiger partial charge in [0, 0.05) is 43.7 Å². The van der Waals surface area contributed by atoms with E-state index in [1.54, 1.807) is 0 Å². The Bertz CT molecular complexity index is 3430. The van der Waals surface area contributed by atoms with Crippen LogP contribution in [0.15, 0.2) is 199 Å². The van der Waals surface area contributed by atoms with Crippen LogP contribution < -0.4 is 4.90 Å². The number of rotatable bonds is 5. The lowest BCUT2D eigenvalue weighted by atomic mass is 9.81. The molecular weight excluding hydrogens is 705 g/mol. The molecule has 2 aromatic heterocycles. The molecule has 58 heavy (non-hydrogen) atoms. The molecule has 3 nitrogen and oxygen atoms in total. The zero-order valence-corrected chi connectivity index (χ0v) is 32.3. The van der Waals surface area contributed by atoms with Crippen molar-refractivity contribution in [3.63, 3.8) is 0 Å². The first-order valence-electron chi connectivity index (χ1n) is 20.1. The fraction of sp³-hybridized carbons (Fsp3) is 0.0545. The lowest BCUT2D eigenvalue weighted by molar-refractivity contribution is 0.660. The average Bonchev–Trinajstić information content (AvgIpc) is 3.89. The first kappa shape index (κ1) is 32.8. The van der Waals surface area contributed by atoms with Crippen molar-refractivity contribution in [3.05, 3.63) is 205 Å². The Balaban J connectivity index is 0.971. The van der Waals surface area contributed by atoms with Gasteiger partial charge in [-0.05, 0) is 105 Å². The van der Waals surface area contributed by atoms with E-state index in [0.717, 1.165) is 50.0 Å². The van der Waals surface area contributed by atoms with Crippen LogP contribution in [0.2, 0.25) is 0 Å². The molecule has 0 saturated carbocycles. The highest BCUT2D eigenvalue weighted by Gasteiger charge is 2.36.